The molecule has 1 saturated heterocycles. The molecule has 1 aromatic carbocycles. The molecule has 0 saturated carbocycles. The van der Waals surface area contributed by atoms with Gasteiger partial charge in [-0.25, -0.2) is 0 Å². The van der Waals surface area contributed by atoms with Crippen LogP contribution in [-0.4, -0.2) is 30.6 Å². The van der Waals surface area contributed by atoms with E-state index in [-0.39, 0.29) is 0 Å². The molecular formula is C17H26N2. The molecule has 1 aliphatic carbocycles. The van der Waals surface area contributed by atoms with Gasteiger partial charge in [0.15, 0.2) is 0 Å². The third-order valence-corrected chi connectivity index (χ3v) is 5.29. The molecule has 3 unspecified atom stereocenters. The Labute approximate surface area is 117 Å². The van der Waals surface area contributed by atoms with E-state index in [1.54, 1.807) is 11.1 Å². The standard InChI is InChI=1S/C17H26N2/c1-13-8-9-19(12-16(13)11-18)17-7-6-14-4-2-3-5-15(14)10-17/h2-5,13,16-17H,6-12,18H2,1H3. The molecule has 2 nitrogen and oxygen atoms in total. The normalized spacial score (nSPS) is 32.0. The molecule has 1 heterocycles. The zero-order chi connectivity index (χ0) is 13.2. The predicted octanol–water partition coefficient (Wildman–Crippen LogP) is 2.46. The maximum Gasteiger partial charge on any atom is 0.0139 e. The van der Waals surface area contributed by atoms with Crippen LogP contribution in [0.25, 0.3) is 0 Å². The van der Waals surface area contributed by atoms with E-state index in [9.17, 15) is 0 Å². The average molecular weight is 258 g/mol. The summed E-state index contributed by atoms with van der Waals surface area (Å²) in [5.74, 6) is 1.50. The average Bonchev–Trinajstić information content (AvgIpc) is 2.47. The van der Waals surface area contributed by atoms with Crippen molar-refractivity contribution >= 4 is 0 Å². The number of hydrogen-bond acceptors (Lipinski definition) is 2. The number of piperidine rings is 1. The quantitative estimate of drug-likeness (QED) is 0.883. The van der Waals surface area contributed by atoms with E-state index < -0.39 is 0 Å². The van der Waals surface area contributed by atoms with Crippen LogP contribution >= 0.6 is 0 Å². The van der Waals surface area contributed by atoms with E-state index in [2.05, 4.69) is 36.1 Å². The van der Waals surface area contributed by atoms with Gasteiger partial charge in [0.2, 0.25) is 0 Å². The summed E-state index contributed by atoms with van der Waals surface area (Å²) in [5.41, 5.74) is 9.08. The number of hydrogen-bond donors (Lipinski definition) is 1. The van der Waals surface area contributed by atoms with Crippen molar-refractivity contribution in [3.8, 4) is 0 Å². The van der Waals surface area contributed by atoms with E-state index >= 15 is 0 Å². The first kappa shape index (κ1) is 13.1. The molecular weight excluding hydrogens is 232 g/mol. The molecule has 1 aromatic rings. The Morgan fingerprint density at radius 3 is 2.79 bits per heavy atom. The largest absolute Gasteiger partial charge is 0.330 e. The van der Waals surface area contributed by atoms with Gasteiger partial charge in [0.25, 0.3) is 0 Å². The van der Waals surface area contributed by atoms with Gasteiger partial charge in [-0.05, 0) is 61.7 Å². The number of aryl methyl sites for hydroxylation is 1. The highest BCUT2D eigenvalue weighted by Crippen LogP contribution is 2.29. The summed E-state index contributed by atoms with van der Waals surface area (Å²) in [6.07, 6.45) is 5.13. The molecule has 2 aliphatic rings. The fourth-order valence-electron chi connectivity index (χ4n) is 3.81. The van der Waals surface area contributed by atoms with Crippen molar-refractivity contribution in [1.29, 1.82) is 0 Å². The molecule has 2 N–H and O–H groups in total. The number of rotatable bonds is 2. The van der Waals surface area contributed by atoms with Crippen LogP contribution in [0.2, 0.25) is 0 Å². The molecule has 1 aliphatic heterocycles. The lowest BCUT2D eigenvalue weighted by Gasteiger charge is -2.42. The molecule has 2 heteroatoms. The Balaban J connectivity index is 1.68. The van der Waals surface area contributed by atoms with Crippen molar-refractivity contribution in [1.82, 2.24) is 4.90 Å². The molecule has 3 atom stereocenters. The topological polar surface area (TPSA) is 29.3 Å². The molecule has 0 spiro atoms. The number of nitrogens with zero attached hydrogens (tertiary/aromatic N) is 1. The Kier molecular flexibility index (Phi) is 3.90. The van der Waals surface area contributed by atoms with Crippen LogP contribution in [0.15, 0.2) is 24.3 Å². The van der Waals surface area contributed by atoms with Crippen molar-refractivity contribution < 1.29 is 0 Å². The van der Waals surface area contributed by atoms with Gasteiger partial charge in [-0.3, -0.25) is 4.90 Å². The van der Waals surface area contributed by atoms with Gasteiger partial charge in [0, 0.05) is 12.6 Å². The maximum absolute atomic E-state index is 5.94. The van der Waals surface area contributed by atoms with Crippen molar-refractivity contribution in [2.75, 3.05) is 19.6 Å². The minimum Gasteiger partial charge on any atom is -0.330 e. The molecule has 104 valence electrons. The van der Waals surface area contributed by atoms with Crippen molar-refractivity contribution in [2.24, 2.45) is 17.6 Å². The zero-order valence-electron chi connectivity index (χ0n) is 12.0. The summed E-state index contributed by atoms with van der Waals surface area (Å²) in [5, 5.41) is 0. The second-order valence-corrected chi connectivity index (χ2v) is 6.42. The van der Waals surface area contributed by atoms with E-state index in [1.165, 1.54) is 38.8 Å². The molecule has 0 aromatic heterocycles. The molecule has 1 fully saturated rings. The minimum atomic E-state index is 0.700. The van der Waals surface area contributed by atoms with Crippen LogP contribution in [-0.2, 0) is 12.8 Å². The summed E-state index contributed by atoms with van der Waals surface area (Å²) >= 11 is 0. The van der Waals surface area contributed by atoms with E-state index in [0.29, 0.717) is 5.92 Å². The fraction of sp³-hybridized carbons (Fsp3) is 0.647. The summed E-state index contributed by atoms with van der Waals surface area (Å²) < 4.78 is 0. The molecule has 0 radical (unpaired) electrons. The smallest absolute Gasteiger partial charge is 0.0139 e. The summed E-state index contributed by atoms with van der Waals surface area (Å²) in [6, 6.07) is 9.71. The first-order chi connectivity index (χ1) is 9.28. The third-order valence-electron chi connectivity index (χ3n) is 5.29. The summed E-state index contributed by atoms with van der Waals surface area (Å²) in [4.78, 5) is 2.72. The second kappa shape index (κ2) is 5.64. The van der Waals surface area contributed by atoms with Gasteiger partial charge in [0.1, 0.15) is 0 Å². The van der Waals surface area contributed by atoms with Crippen LogP contribution in [0.5, 0.6) is 0 Å². The fourth-order valence-corrected chi connectivity index (χ4v) is 3.81. The van der Waals surface area contributed by atoms with Crippen LogP contribution in [0, 0.1) is 11.8 Å². The SMILES string of the molecule is CC1CCN(C2CCc3ccccc3C2)CC1CN. The van der Waals surface area contributed by atoms with Crippen LogP contribution in [0.3, 0.4) is 0 Å². The highest BCUT2D eigenvalue weighted by molar-refractivity contribution is 5.30. The van der Waals surface area contributed by atoms with E-state index in [4.69, 9.17) is 5.73 Å². The number of fused-ring (bicyclic) bond motifs is 1. The molecule has 19 heavy (non-hydrogen) atoms. The molecule has 0 bridgehead atoms. The Morgan fingerprint density at radius 2 is 2.00 bits per heavy atom. The first-order valence-electron chi connectivity index (χ1n) is 7.79. The van der Waals surface area contributed by atoms with Gasteiger partial charge < -0.3 is 5.73 Å². The number of nitrogens with two attached hydrogens (primary N) is 1. The monoisotopic (exact) mass is 258 g/mol. The maximum atomic E-state index is 5.94. The van der Waals surface area contributed by atoms with Crippen molar-refractivity contribution in [3.05, 3.63) is 35.4 Å². The van der Waals surface area contributed by atoms with Gasteiger partial charge in [-0.15, -0.1) is 0 Å². The van der Waals surface area contributed by atoms with Crippen LogP contribution in [0.4, 0.5) is 0 Å². The lowest BCUT2D eigenvalue weighted by molar-refractivity contribution is 0.0841. The lowest BCUT2D eigenvalue weighted by atomic mass is 9.83. The lowest BCUT2D eigenvalue weighted by Crippen LogP contribution is -2.49. The Bertz CT molecular complexity index is 429. The highest BCUT2D eigenvalue weighted by Gasteiger charge is 2.31. The van der Waals surface area contributed by atoms with Crippen molar-refractivity contribution in [3.63, 3.8) is 0 Å². The van der Waals surface area contributed by atoms with Crippen molar-refractivity contribution in [2.45, 2.75) is 38.6 Å². The van der Waals surface area contributed by atoms with Gasteiger partial charge in [-0.1, -0.05) is 31.2 Å². The van der Waals surface area contributed by atoms with Gasteiger partial charge in [0.05, 0.1) is 0 Å². The van der Waals surface area contributed by atoms with Gasteiger partial charge in [-0.2, -0.15) is 0 Å². The van der Waals surface area contributed by atoms with Crippen LogP contribution < -0.4 is 5.73 Å². The number of benzene rings is 1. The zero-order valence-corrected chi connectivity index (χ0v) is 12.0. The predicted molar refractivity (Wildman–Crippen MR) is 80.2 cm³/mol. The second-order valence-electron chi connectivity index (χ2n) is 6.42. The van der Waals surface area contributed by atoms with E-state index in [1.807, 2.05) is 0 Å². The van der Waals surface area contributed by atoms with Crippen LogP contribution in [0.1, 0.15) is 30.9 Å². The van der Waals surface area contributed by atoms with Gasteiger partial charge >= 0.3 is 0 Å². The number of likely N-dealkylation sites (tertiary alicyclic amines) is 1. The van der Waals surface area contributed by atoms with E-state index in [0.717, 1.165) is 18.5 Å². The Morgan fingerprint density at radius 1 is 1.21 bits per heavy atom. The Hall–Kier alpha value is -0.860. The highest BCUT2D eigenvalue weighted by atomic mass is 15.2. The molecule has 3 rings (SSSR count). The first-order valence-corrected chi connectivity index (χ1v) is 7.79. The minimum absolute atomic E-state index is 0.700. The molecule has 0 amide bonds. The summed E-state index contributed by atoms with van der Waals surface area (Å²) in [7, 11) is 0. The summed E-state index contributed by atoms with van der Waals surface area (Å²) in [6.45, 7) is 5.70. The third kappa shape index (κ3) is 2.70.